The highest BCUT2D eigenvalue weighted by Gasteiger charge is 2.15. The Hall–Kier alpha value is -2.38. The largest absolute Gasteiger partial charge is 0.370 e. The van der Waals surface area contributed by atoms with Gasteiger partial charge in [-0.2, -0.15) is 0 Å². The first kappa shape index (κ1) is 22.9. The number of hydrogen-bond acceptors (Lipinski definition) is 4. The molecule has 2 aromatic carbocycles. The molecule has 158 valence electrons. The molecule has 2 rings (SSSR count). The van der Waals surface area contributed by atoms with E-state index < -0.39 is 10.0 Å². The Balaban J connectivity index is 1.77. The third-order valence-corrected chi connectivity index (χ3v) is 6.34. The molecule has 2 aromatic rings. The summed E-state index contributed by atoms with van der Waals surface area (Å²) in [6, 6.07) is 13.3. The number of anilines is 1. The van der Waals surface area contributed by atoms with Gasteiger partial charge in [-0.3, -0.25) is 4.79 Å². The number of carbonyl (C=O) groups excluding carboxylic acids is 1. The number of sulfonamides is 1. The van der Waals surface area contributed by atoms with Crippen LogP contribution in [-0.2, 0) is 14.8 Å². The standard InChI is InChI=1S/C22H31N3O3S/c1-5-25(20-8-6-7-17(2)15-20)14-13-23-22(26)11-12-24-29(27,28)21-10-9-18(3)19(4)16-21/h6-10,15-16,24H,5,11-14H2,1-4H3,(H,23,26). The van der Waals surface area contributed by atoms with Crippen molar-refractivity contribution in [1.29, 1.82) is 0 Å². The van der Waals surface area contributed by atoms with Gasteiger partial charge in [0.15, 0.2) is 0 Å². The zero-order valence-electron chi connectivity index (χ0n) is 17.7. The number of amides is 1. The van der Waals surface area contributed by atoms with E-state index in [1.807, 2.05) is 19.9 Å². The molecule has 0 fully saturated rings. The van der Waals surface area contributed by atoms with E-state index in [1.165, 1.54) is 5.56 Å². The van der Waals surface area contributed by atoms with Gasteiger partial charge < -0.3 is 10.2 Å². The van der Waals surface area contributed by atoms with Crippen molar-refractivity contribution in [2.24, 2.45) is 0 Å². The summed E-state index contributed by atoms with van der Waals surface area (Å²) in [7, 11) is -3.61. The van der Waals surface area contributed by atoms with Crippen molar-refractivity contribution in [3.05, 3.63) is 59.2 Å². The minimum atomic E-state index is -3.61. The molecule has 0 heterocycles. The molecule has 0 aliphatic carbocycles. The van der Waals surface area contributed by atoms with E-state index in [1.54, 1.807) is 18.2 Å². The predicted octanol–water partition coefficient (Wildman–Crippen LogP) is 2.92. The van der Waals surface area contributed by atoms with Gasteiger partial charge in [0.25, 0.3) is 0 Å². The molecule has 0 aromatic heterocycles. The number of hydrogen-bond donors (Lipinski definition) is 2. The summed E-state index contributed by atoms with van der Waals surface area (Å²) >= 11 is 0. The maximum Gasteiger partial charge on any atom is 0.240 e. The van der Waals surface area contributed by atoms with Gasteiger partial charge in [0.05, 0.1) is 4.90 Å². The van der Waals surface area contributed by atoms with E-state index in [2.05, 4.69) is 47.0 Å². The first-order chi connectivity index (χ1) is 13.7. The normalized spacial score (nSPS) is 11.3. The average Bonchev–Trinajstić information content (AvgIpc) is 2.67. The van der Waals surface area contributed by atoms with Crippen LogP contribution in [0.2, 0.25) is 0 Å². The molecule has 29 heavy (non-hydrogen) atoms. The Labute approximate surface area is 174 Å². The first-order valence-corrected chi connectivity index (χ1v) is 11.4. The van der Waals surface area contributed by atoms with Gasteiger partial charge in [0, 0.05) is 38.3 Å². The van der Waals surface area contributed by atoms with Gasteiger partial charge >= 0.3 is 0 Å². The van der Waals surface area contributed by atoms with Crippen LogP contribution in [0, 0.1) is 20.8 Å². The average molecular weight is 418 g/mol. The lowest BCUT2D eigenvalue weighted by Gasteiger charge is -2.23. The number of aryl methyl sites for hydroxylation is 3. The molecule has 6 nitrogen and oxygen atoms in total. The van der Waals surface area contributed by atoms with E-state index in [0.717, 1.165) is 23.4 Å². The Morgan fingerprint density at radius 3 is 2.41 bits per heavy atom. The second-order valence-corrected chi connectivity index (χ2v) is 8.93. The molecule has 0 radical (unpaired) electrons. The molecule has 0 saturated heterocycles. The van der Waals surface area contributed by atoms with Gasteiger partial charge in [-0.15, -0.1) is 0 Å². The maximum atomic E-state index is 12.4. The molecular weight excluding hydrogens is 386 g/mol. The Morgan fingerprint density at radius 2 is 1.76 bits per heavy atom. The second kappa shape index (κ2) is 10.4. The summed E-state index contributed by atoms with van der Waals surface area (Å²) in [4.78, 5) is 14.5. The van der Waals surface area contributed by atoms with E-state index in [-0.39, 0.29) is 23.8 Å². The monoisotopic (exact) mass is 417 g/mol. The Kier molecular flexibility index (Phi) is 8.22. The number of likely N-dealkylation sites (N-methyl/N-ethyl adjacent to an activating group) is 1. The van der Waals surface area contributed by atoms with Crippen molar-refractivity contribution in [2.75, 3.05) is 31.1 Å². The minimum absolute atomic E-state index is 0.0659. The fourth-order valence-electron chi connectivity index (χ4n) is 2.98. The van der Waals surface area contributed by atoms with E-state index in [9.17, 15) is 13.2 Å². The van der Waals surface area contributed by atoms with Crippen LogP contribution >= 0.6 is 0 Å². The maximum absolute atomic E-state index is 12.4. The van der Waals surface area contributed by atoms with Crippen molar-refractivity contribution in [3.63, 3.8) is 0 Å². The Bertz CT molecular complexity index is 942. The zero-order valence-corrected chi connectivity index (χ0v) is 18.5. The van der Waals surface area contributed by atoms with Crippen molar-refractivity contribution in [1.82, 2.24) is 10.0 Å². The molecule has 0 atom stereocenters. The summed E-state index contributed by atoms with van der Waals surface area (Å²) < 4.78 is 27.2. The number of nitrogens with one attached hydrogen (secondary N) is 2. The van der Waals surface area contributed by atoms with Crippen molar-refractivity contribution >= 4 is 21.6 Å². The van der Waals surface area contributed by atoms with Crippen LogP contribution in [0.15, 0.2) is 47.4 Å². The molecule has 0 aliphatic heterocycles. The SMILES string of the molecule is CCN(CCNC(=O)CCNS(=O)(=O)c1ccc(C)c(C)c1)c1cccc(C)c1. The summed E-state index contributed by atoms with van der Waals surface area (Å²) in [6.45, 7) is 10.0. The van der Waals surface area contributed by atoms with Crippen LogP contribution in [0.25, 0.3) is 0 Å². The van der Waals surface area contributed by atoms with Gasteiger partial charge in [-0.25, -0.2) is 13.1 Å². The number of carbonyl (C=O) groups is 1. The van der Waals surface area contributed by atoms with Gasteiger partial charge in [-0.05, 0) is 68.7 Å². The molecule has 1 amide bonds. The van der Waals surface area contributed by atoms with Crippen LogP contribution in [0.1, 0.15) is 30.0 Å². The first-order valence-electron chi connectivity index (χ1n) is 9.88. The number of benzene rings is 2. The fourth-order valence-corrected chi connectivity index (χ4v) is 4.09. The quantitative estimate of drug-likeness (QED) is 0.623. The number of nitrogens with zero attached hydrogens (tertiary/aromatic N) is 1. The highest BCUT2D eigenvalue weighted by Crippen LogP contribution is 2.15. The van der Waals surface area contributed by atoms with Gasteiger partial charge in [0.2, 0.25) is 15.9 Å². The third kappa shape index (κ3) is 6.87. The van der Waals surface area contributed by atoms with Crippen molar-refractivity contribution < 1.29 is 13.2 Å². The predicted molar refractivity (Wildman–Crippen MR) is 118 cm³/mol. The van der Waals surface area contributed by atoms with Crippen LogP contribution in [-0.4, -0.2) is 40.5 Å². The molecule has 7 heteroatoms. The van der Waals surface area contributed by atoms with E-state index >= 15 is 0 Å². The lowest BCUT2D eigenvalue weighted by atomic mass is 10.1. The van der Waals surface area contributed by atoms with Crippen LogP contribution in [0.5, 0.6) is 0 Å². The van der Waals surface area contributed by atoms with Crippen LogP contribution in [0.4, 0.5) is 5.69 Å². The molecule has 0 saturated carbocycles. The molecule has 0 aliphatic rings. The van der Waals surface area contributed by atoms with Crippen molar-refractivity contribution in [3.8, 4) is 0 Å². The zero-order chi connectivity index (χ0) is 21.4. The minimum Gasteiger partial charge on any atom is -0.370 e. The van der Waals surface area contributed by atoms with Gasteiger partial charge in [-0.1, -0.05) is 18.2 Å². The van der Waals surface area contributed by atoms with Crippen LogP contribution < -0.4 is 14.9 Å². The molecule has 0 unspecified atom stereocenters. The summed E-state index contributed by atoms with van der Waals surface area (Å²) in [5, 5.41) is 2.86. The Morgan fingerprint density at radius 1 is 1.00 bits per heavy atom. The smallest absolute Gasteiger partial charge is 0.240 e. The molecule has 2 N–H and O–H groups in total. The molecular formula is C22H31N3O3S. The fraction of sp³-hybridized carbons (Fsp3) is 0.409. The highest BCUT2D eigenvalue weighted by molar-refractivity contribution is 7.89. The van der Waals surface area contributed by atoms with Gasteiger partial charge in [0.1, 0.15) is 0 Å². The number of rotatable bonds is 10. The lowest BCUT2D eigenvalue weighted by molar-refractivity contribution is -0.120. The van der Waals surface area contributed by atoms with Crippen molar-refractivity contribution in [2.45, 2.75) is 39.0 Å². The second-order valence-electron chi connectivity index (χ2n) is 7.16. The third-order valence-electron chi connectivity index (χ3n) is 4.89. The molecule has 0 spiro atoms. The summed E-state index contributed by atoms with van der Waals surface area (Å²) in [6.07, 6.45) is 0.0979. The summed E-state index contributed by atoms with van der Waals surface area (Å²) in [5.74, 6) is -0.173. The van der Waals surface area contributed by atoms with E-state index in [0.29, 0.717) is 13.1 Å². The lowest BCUT2D eigenvalue weighted by Crippen LogP contribution is -2.36. The topological polar surface area (TPSA) is 78.5 Å². The summed E-state index contributed by atoms with van der Waals surface area (Å²) in [5.41, 5.74) is 4.28. The molecule has 0 bridgehead atoms. The van der Waals surface area contributed by atoms with E-state index in [4.69, 9.17) is 0 Å². The van der Waals surface area contributed by atoms with Crippen LogP contribution in [0.3, 0.4) is 0 Å². The highest BCUT2D eigenvalue weighted by atomic mass is 32.2.